The molecule has 0 N–H and O–H groups in total. The van der Waals surface area contributed by atoms with Gasteiger partial charge in [-0.15, -0.1) is 0 Å². The van der Waals surface area contributed by atoms with Crippen molar-refractivity contribution in [3.05, 3.63) is 206 Å². The van der Waals surface area contributed by atoms with Crippen LogP contribution in [0.25, 0.3) is 111 Å². The van der Waals surface area contributed by atoms with Crippen molar-refractivity contribution in [2.24, 2.45) is 0 Å². The van der Waals surface area contributed by atoms with E-state index in [1.165, 1.54) is 65.5 Å². The van der Waals surface area contributed by atoms with E-state index in [0.29, 0.717) is 5.82 Å². The number of aromatic nitrogens is 4. The molecule has 58 heavy (non-hydrogen) atoms. The molecular formula is C54H34N4. The summed E-state index contributed by atoms with van der Waals surface area (Å²) in [5.74, 6) is 0.687. The second-order valence-corrected chi connectivity index (χ2v) is 15.0. The monoisotopic (exact) mass is 738 g/mol. The molecule has 0 aliphatic heterocycles. The molecule has 0 amide bonds. The number of fused-ring (bicyclic) bond motifs is 12. The van der Waals surface area contributed by atoms with Gasteiger partial charge in [0.1, 0.15) is 0 Å². The van der Waals surface area contributed by atoms with E-state index in [0.717, 1.165) is 39.3 Å². The van der Waals surface area contributed by atoms with Crippen molar-refractivity contribution in [1.29, 1.82) is 0 Å². The molecule has 0 spiro atoms. The lowest BCUT2D eigenvalue weighted by Gasteiger charge is -2.13. The van der Waals surface area contributed by atoms with Crippen molar-refractivity contribution in [2.75, 3.05) is 0 Å². The lowest BCUT2D eigenvalue weighted by atomic mass is 10.0. The minimum absolute atomic E-state index is 0.687. The quantitative estimate of drug-likeness (QED) is 0.165. The SMILES string of the molecule is c1ccc(-c2ccc3c(c2)c2ccc4c(cc5c6ccccc6c6ccccc6n54)c2n3-c2cccc(-c3nc(-c4ccccc4)cc(-c4ccccc4)n3)c2)cc1. The first kappa shape index (κ1) is 32.4. The highest BCUT2D eigenvalue weighted by Crippen LogP contribution is 2.42. The fourth-order valence-corrected chi connectivity index (χ4v) is 9.04. The molecule has 270 valence electrons. The molecule has 0 saturated heterocycles. The van der Waals surface area contributed by atoms with Gasteiger partial charge in [0.15, 0.2) is 5.82 Å². The van der Waals surface area contributed by atoms with Crippen molar-refractivity contribution in [1.82, 2.24) is 18.9 Å². The van der Waals surface area contributed by atoms with Gasteiger partial charge >= 0.3 is 0 Å². The summed E-state index contributed by atoms with van der Waals surface area (Å²) in [6.07, 6.45) is 0. The van der Waals surface area contributed by atoms with E-state index in [-0.39, 0.29) is 0 Å². The summed E-state index contributed by atoms with van der Waals surface area (Å²) in [6.45, 7) is 0. The first-order valence-electron chi connectivity index (χ1n) is 19.7. The Morgan fingerprint density at radius 3 is 1.57 bits per heavy atom. The van der Waals surface area contributed by atoms with E-state index in [1.807, 2.05) is 12.1 Å². The average Bonchev–Trinajstić information content (AvgIpc) is 3.86. The van der Waals surface area contributed by atoms with Crippen molar-refractivity contribution < 1.29 is 0 Å². The summed E-state index contributed by atoms with van der Waals surface area (Å²) in [7, 11) is 0. The Labute approximate surface area is 334 Å². The number of hydrogen-bond acceptors (Lipinski definition) is 2. The molecule has 8 aromatic carbocycles. The van der Waals surface area contributed by atoms with E-state index in [9.17, 15) is 0 Å². The molecule has 4 nitrogen and oxygen atoms in total. The molecule has 4 aromatic heterocycles. The van der Waals surface area contributed by atoms with Gasteiger partial charge in [-0.3, -0.25) is 0 Å². The number of rotatable bonds is 5. The number of pyridine rings is 1. The maximum atomic E-state index is 5.20. The lowest BCUT2D eigenvalue weighted by molar-refractivity contribution is 1.16. The van der Waals surface area contributed by atoms with Crippen molar-refractivity contribution in [3.63, 3.8) is 0 Å². The Balaban J connectivity index is 1.16. The first-order valence-corrected chi connectivity index (χ1v) is 19.7. The average molecular weight is 739 g/mol. The number of hydrogen-bond donors (Lipinski definition) is 0. The maximum Gasteiger partial charge on any atom is 0.160 e. The molecule has 0 atom stereocenters. The summed E-state index contributed by atoms with van der Waals surface area (Å²) >= 11 is 0. The van der Waals surface area contributed by atoms with E-state index >= 15 is 0 Å². The van der Waals surface area contributed by atoms with Crippen LogP contribution in [0.2, 0.25) is 0 Å². The second kappa shape index (κ2) is 12.9. The van der Waals surface area contributed by atoms with Gasteiger partial charge < -0.3 is 8.97 Å². The fraction of sp³-hybridized carbons (Fsp3) is 0. The molecule has 0 radical (unpaired) electrons. The van der Waals surface area contributed by atoms with Gasteiger partial charge in [-0.25, -0.2) is 9.97 Å². The van der Waals surface area contributed by atoms with Gasteiger partial charge in [-0.1, -0.05) is 158 Å². The van der Waals surface area contributed by atoms with Gasteiger partial charge in [-0.05, 0) is 65.0 Å². The molecule has 0 aliphatic rings. The van der Waals surface area contributed by atoms with Crippen molar-refractivity contribution in [2.45, 2.75) is 0 Å². The molecule has 0 bridgehead atoms. The van der Waals surface area contributed by atoms with E-state index < -0.39 is 0 Å². The van der Waals surface area contributed by atoms with Crippen LogP contribution in [0.1, 0.15) is 0 Å². The van der Waals surface area contributed by atoms with Crippen LogP contribution < -0.4 is 0 Å². The number of para-hydroxylation sites is 1. The third-order valence-electron chi connectivity index (χ3n) is 11.7. The predicted molar refractivity (Wildman–Crippen MR) is 242 cm³/mol. The topological polar surface area (TPSA) is 35.1 Å². The van der Waals surface area contributed by atoms with Crippen LogP contribution in [-0.2, 0) is 0 Å². The predicted octanol–water partition coefficient (Wildman–Crippen LogP) is 14.0. The van der Waals surface area contributed by atoms with Gasteiger partial charge in [0.2, 0.25) is 0 Å². The molecule has 12 aromatic rings. The normalized spacial score (nSPS) is 11.8. The van der Waals surface area contributed by atoms with Crippen LogP contribution in [0.15, 0.2) is 206 Å². The van der Waals surface area contributed by atoms with Crippen LogP contribution in [0, 0.1) is 0 Å². The number of nitrogens with zero attached hydrogens (tertiary/aromatic N) is 4. The molecule has 12 rings (SSSR count). The maximum absolute atomic E-state index is 5.20. The van der Waals surface area contributed by atoms with E-state index in [2.05, 4.69) is 203 Å². The highest BCUT2D eigenvalue weighted by molar-refractivity contribution is 6.23. The van der Waals surface area contributed by atoms with Gasteiger partial charge in [0, 0.05) is 49.3 Å². The van der Waals surface area contributed by atoms with Crippen LogP contribution in [0.3, 0.4) is 0 Å². The summed E-state index contributed by atoms with van der Waals surface area (Å²) in [4.78, 5) is 10.4. The third-order valence-corrected chi connectivity index (χ3v) is 11.7. The Bertz CT molecular complexity index is 3490. The van der Waals surface area contributed by atoms with E-state index in [4.69, 9.17) is 9.97 Å². The third kappa shape index (κ3) is 5.02. The summed E-state index contributed by atoms with van der Waals surface area (Å²) in [5, 5.41) is 7.38. The molecule has 0 fully saturated rings. The fourth-order valence-electron chi connectivity index (χ4n) is 9.04. The Kier molecular flexibility index (Phi) is 7.20. The van der Waals surface area contributed by atoms with Crippen LogP contribution in [0.4, 0.5) is 0 Å². The number of benzene rings is 8. The highest BCUT2D eigenvalue weighted by atomic mass is 15.0. The van der Waals surface area contributed by atoms with Gasteiger partial charge in [-0.2, -0.15) is 0 Å². The summed E-state index contributed by atoms with van der Waals surface area (Å²) in [5.41, 5.74) is 14.2. The second-order valence-electron chi connectivity index (χ2n) is 15.0. The zero-order valence-corrected chi connectivity index (χ0v) is 31.4. The highest BCUT2D eigenvalue weighted by Gasteiger charge is 2.21. The van der Waals surface area contributed by atoms with E-state index in [1.54, 1.807) is 0 Å². The lowest BCUT2D eigenvalue weighted by Crippen LogP contribution is -1.98. The first-order chi connectivity index (χ1) is 28.8. The summed E-state index contributed by atoms with van der Waals surface area (Å²) in [6, 6.07) is 73.8. The molecule has 0 aliphatic carbocycles. The van der Waals surface area contributed by atoms with Crippen LogP contribution in [0.5, 0.6) is 0 Å². The largest absolute Gasteiger partial charge is 0.309 e. The molecular weight excluding hydrogens is 705 g/mol. The van der Waals surface area contributed by atoms with Gasteiger partial charge in [0.25, 0.3) is 0 Å². The Hall–Kier alpha value is -7.82. The Morgan fingerprint density at radius 1 is 0.293 bits per heavy atom. The zero-order chi connectivity index (χ0) is 38.2. The molecule has 4 heteroatoms. The smallest absolute Gasteiger partial charge is 0.160 e. The molecule has 0 unspecified atom stereocenters. The Morgan fingerprint density at radius 2 is 0.862 bits per heavy atom. The van der Waals surface area contributed by atoms with Gasteiger partial charge in [0.05, 0.1) is 39.0 Å². The minimum Gasteiger partial charge on any atom is -0.309 e. The van der Waals surface area contributed by atoms with Crippen LogP contribution in [-0.4, -0.2) is 18.9 Å². The van der Waals surface area contributed by atoms with Crippen molar-refractivity contribution >= 4 is 59.9 Å². The molecule has 4 heterocycles. The minimum atomic E-state index is 0.687. The zero-order valence-electron chi connectivity index (χ0n) is 31.4. The summed E-state index contributed by atoms with van der Waals surface area (Å²) < 4.78 is 4.91. The molecule has 0 saturated carbocycles. The van der Waals surface area contributed by atoms with Crippen LogP contribution >= 0.6 is 0 Å². The standard InChI is InChI=1S/C54H34N4/c1-4-15-35(16-5-1)38-27-29-50-45(32-38)44-28-30-51-46(33-52-43-25-11-10-23-41(43)42-24-12-13-26-49(42)58(51)52)53(44)57(50)40-22-14-21-39(31-40)54-55-47(36-17-6-2-7-18-36)34-48(56-54)37-19-8-3-9-20-37/h1-34H. The van der Waals surface area contributed by atoms with Crippen molar-refractivity contribution in [3.8, 4) is 50.7 Å².